The van der Waals surface area contributed by atoms with E-state index < -0.39 is 17.6 Å². The van der Waals surface area contributed by atoms with Gasteiger partial charge >= 0.3 is 11.8 Å². The lowest BCUT2D eigenvalue weighted by molar-refractivity contribution is -0.135. The molecule has 0 radical (unpaired) electrons. The summed E-state index contributed by atoms with van der Waals surface area (Å²) in [6.45, 7) is 7.41. The van der Waals surface area contributed by atoms with Crippen molar-refractivity contribution in [3.05, 3.63) is 34.2 Å². The molecule has 10 heteroatoms. The van der Waals surface area contributed by atoms with Crippen LogP contribution in [-0.2, 0) is 26.1 Å². The zero-order valence-electron chi connectivity index (χ0n) is 20.4. The first-order chi connectivity index (χ1) is 16.5. The van der Waals surface area contributed by atoms with Crippen LogP contribution in [0.4, 0.5) is 4.79 Å². The average Bonchev–Trinajstić information content (AvgIpc) is 2.99. The molecule has 1 unspecified atom stereocenters. The number of fused-ring (bicyclic) bond motifs is 1. The predicted molar refractivity (Wildman–Crippen MR) is 128 cm³/mol. The number of carbonyl (C=O) groups excluding carboxylic acids is 3. The van der Waals surface area contributed by atoms with Crippen LogP contribution in [-0.4, -0.2) is 63.8 Å². The number of para-hydroxylation sites is 1. The minimum Gasteiger partial charge on any atom is -0.444 e. The van der Waals surface area contributed by atoms with Gasteiger partial charge in [-0.15, -0.1) is 0 Å². The number of hydrogen-bond acceptors (Lipinski definition) is 6. The Bertz CT molecular complexity index is 1280. The molecule has 0 aliphatic carbocycles. The summed E-state index contributed by atoms with van der Waals surface area (Å²) in [5, 5.41) is 2.31. The number of imidazole rings is 1. The highest BCUT2D eigenvalue weighted by atomic mass is 16.6. The Balaban J connectivity index is 1.38. The molecule has 2 aliphatic rings. The number of aromatic nitrogens is 2. The molecule has 1 N–H and O–H groups in total. The second-order valence-electron chi connectivity index (χ2n) is 9.92. The van der Waals surface area contributed by atoms with Gasteiger partial charge in [0, 0.05) is 32.5 Å². The lowest BCUT2D eigenvalue weighted by Gasteiger charge is -2.39. The van der Waals surface area contributed by atoms with Gasteiger partial charge in [0.2, 0.25) is 11.8 Å². The third kappa shape index (κ3) is 5.25. The number of imide groups is 1. The highest BCUT2D eigenvalue weighted by Crippen LogP contribution is 2.24. The van der Waals surface area contributed by atoms with Gasteiger partial charge in [-0.25, -0.2) is 9.59 Å². The fraction of sp³-hybridized carbons (Fsp3) is 0.520. The van der Waals surface area contributed by atoms with Gasteiger partial charge in [0.05, 0.1) is 23.2 Å². The van der Waals surface area contributed by atoms with Crippen molar-refractivity contribution in [3.8, 4) is 11.8 Å². The van der Waals surface area contributed by atoms with Gasteiger partial charge in [-0.3, -0.25) is 24.0 Å². The van der Waals surface area contributed by atoms with Crippen molar-refractivity contribution >= 4 is 28.9 Å². The second-order valence-corrected chi connectivity index (χ2v) is 9.92. The Morgan fingerprint density at radius 1 is 1.20 bits per heavy atom. The van der Waals surface area contributed by atoms with Crippen molar-refractivity contribution in [3.63, 3.8) is 0 Å². The van der Waals surface area contributed by atoms with Gasteiger partial charge in [0.25, 0.3) is 0 Å². The molecule has 2 saturated heterocycles. The Hall–Kier alpha value is -3.58. The third-order valence-electron chi connectivity index (χ3n) is 5.98. The van der Waals surface area contributed by atoms with Crippen LogP contribution >= 0.6 is 0 Å². The number of amides is 3. The first-order valence-electron chi connectivity index (χ1n) is 11.6. The summed E-state index contributed by atoms with van der Waals surface area (Å²) in [5.41, 5.74) is 1.03. The van der Waals surface area contributed by atoms with Gasteiger partial charge in [-0.05, 0) is 39.3 Å². The molecule has 0 saturated carbocycles. The SMILES string of the molecule is Cn1c(=O)n(C2CCC(=O)NC2=O)c2cccc(C#CCOCC3CN(C(=O)OC(C)(C)C)C3)c21. The predicted octanol–water partition coefficient (Wildman–Crippen LogP) is 1.55. The van der Waals surface area contributed by atoms with Crippen LogP contribution in [0.2, 0.25) is 0 Å². The number of nitrogens with zero attached hydrogens (tertiary/aromatic N) is 3. The summed E-state index contributed by atoms with van der Waals surface area (Å²) in [6.07, 6.45) is 0.156. The molecule has 4 rings (SSSR count). The minimum atomic E-state index is -0.738. The molecular weight excluding hydrogens is 452 g/mol. The zero-order valence-corrected chi connectivity index (χ0v) is 20.4. The summed E-state index contributed by atoms with van der Waals surface area (Å²) in [4.78, 5) is 50.5. The molecule has 2 fully saturated rings. The van der Waals surface area contributed by atoms with E-state index in [-0.39, 0.29) is 43.1 Å². The number of nitrogens with one attached hydrogen (secondary N) is 1. The summed E-state index contributed by atoms with van der Waals surface area (Å²) < 4.78 is 13.9. The van der Waals surface area contributed by atoms with E-state index in [2.05, 4.69) is 17.2 Å². The summed E-state index contributed by atoms with van der Waals surface area (Å²) in [7, 11) is 1.64. The van der Waals surface area contributed by atoms with E-state index in [9.17, 15) is 19.2 Å². The topological polar surface area (TPSA) is 112 Å². The van der Waals surface area contributed by atoms with Crippen LogP contribution in [0, 0.1) is 17.8 Å². The maximum atomic E-state index is 13.0. The molecule has 1 atom stereocenters. The molecule has 0 bridgehead atoms. The molecule has 2 aliphatic heterocycles. The van der Waals surface area contributed by atoms with Crippen LogP contribution in [0.5, 0.6) is 0 Å². The molecule has 186 valence electrons. The Morgan fingerprint density at radius 2 is 1.94 bits per heavy atom. The maximum Gasteiger partial charge on any atom is 0.410 e. The Labute approximate surface area is 203 Å². The van der Waals surface area contributed by atoms with Crippen molar-refractivity contribution < 1.29 is 23.9 Å². The van der Waals surface area contributed by atoms with E-state index in [0.29, 0.717) is 36.3 Å². The number of hydrogen-bond donors (Lipinski definition) is 1. The Morgan fingerprint density at radius 3 is 2.63 bits per heavy atom. The number of rotatable bonds is 4. The highest BCUT2D eigenvalue weighted by Gasteiger charge is 2.34. The fourth-order valence-electron chi connectivity index (χ4n) is 4.33. The Kier molecular flexibility index (Phi) is 6.72. The van der Waals surface area contributed by atoms with E-state index in [4.69, 9.17) is 9.47 Å². The van der Waals surface area contributed by atoms with Gasteiger partial charge in [0.15, 0.2) is 0 Å². The van der Waals surface area contributed by atoms with E-state index >= 15 is 0 Å². The van der Waals surface area contributed by atoms with Crippen molar-refractivity contribution in [2.24, 2.45) is 13.0 Å². The van der Waals surface area contributed by atoms with Crippen LogP contribution in [0.3, 0.4) is 0 Å². The average molecular weight is 483 g/mol. The second kappa shape index (κ2) is 9.58. The lowest BCUT2D eigenvalue weighted by Crippen LogP contribution is -2.53. The molecule has 0 spiro atoms. The van der Waals surface area contributed by atoms with Crippen LogP contribution in [0.25, 0.3) is 11.0 Å². The van der Waals surface area contributed by atoms with Crippen LogP contribution < -0.4 is 11.0 Å². The van der Waals surface area contributed by atoms with E-state index in [1.807, 2.05) is 26.8 Å². The lowest BCUT2D eigenvalue weighted by atomic mass is 10.0. The van der Waals surface area contributed by atoms with Gasteiger partial charge < -0.3 is 14.4 Å². The number of piperidine rings is 1. The monoisotopic (exact) mass is 482 g/mol. The summed E-state index contributed by atoms with van der Waals surface area (Å²) in [6, 6.07) is 4.64. The number of carbonyl (C=O) groups is 3. The van der Waals surface area contributed by atoms with Gasteiger partial charge in [-0.2, -0.15) is 0 Å². The normalized spacial score (nSPS) is 18.6. The smallest absolute Gasteiger partial charge is 0.410 e. The number of benzene rings is 1. The first kappa shape index (κ1) is 24.5. The van der Waals surface area contributed by atoms with E-state index in [0.717, 1.165) is 0 Å². The molecular formula is C25H30N4O6. The van der Waals surface area contributed by atoms with Crippen molar-refractivity contribution in [2.75, 3.05) is 26.3 Å². The van der Waals surface area contributed by atoms with E-state index in [1.54, 1.807) is 24.1 Å². The number of likely N-dealkylation sites (tertiary alicyclic amines) is 1. The molecule has 2 aromatic rings. The van der Waals surface area contributed by atoms with E-state index in [1.165, 1.54) is 9.13 Å². The minimum absolute atomic E-state index is 0.187. The van der Waals surface area contributed by atoms with Gasteiger partial charge in [0.1, 0.15) is 18.2 Å². The first-order valence-corrected chi connectivity index (χ1v) is 11.6. The van der Waals surface area contributed by atoms with Crippen molar-refractivity contribution in [2.45, 2.75) is 45.3 Å². The third-order valence-corrected chi connectivity index (χ3v) is 5.98. The standard InChI is InChI=1S/C25H30N4O6/c1-25(2,3)35-24(33)28-13-16(14-28)15-34-12-6-8-17-7-5-9-18-21(17)27(4)23(32)29(18)19-10-11-20(30)26-22(19)31/h5,7,9,16,19H,10-15H2,1-4H3,(H,26,30,31). The van der Waals surface area contributed by atoms with Crippen LogP contribution in [0.1, 0.15) is 45.2 Å². The van der Waals surface area contributed by atoms with Gasteiger partial charge in [-0.1, -0.05) is 17.9 Å². The molecule has 1 aromatic carbocycles. The molecule has 1 aromatic heterocycles. The number of aryl methyl sites for hydroxylation is 1. The van der Waals surface area contributed by atoms with Crippen LogP contribution in [0.15, 0.2) is 23.0 Å². The highest BCUT2D eigenvalue weighted by molar-refractivity contribution is 6.00. The zero-order chi connectivity index (χ0) is 25.3. The van der Waals surface area contributed by atoms with Crippen molar-refractivity contribution in [1.82, 2.24) is 19.4 Å². The summed E-state index contributed by atoms with van der Waals surface area (Å²) >= 11 is 0. The molecule has 3 heterocycles. The molecule has 10 nitrogen and oxygen atoms in total. The quantitative estimate of drug-likeness (QED) is 0.402. The molecule has 3 amide bonds. The summed E-state index contributed by atoms with van der Waals surface area (Å²) in [5.74, 6) is 5.50. The maximum absolute atomic E-state index is 13.0. The molecule has 35 heavy (non-hydrogen) atoms. The number of ether oxygens (including phenoxy) is 2. The van der Waals surface area contributed by atoms with Crippen molar-refractivity contribution in [1.29, 1.82) is 0 Å². The fourth-order valence-corrected chi connectivity index (χ4v) is 4.33. The largest absolute Gasteiger partial charge is 0.444 e.